The van der Waals surface area contributed by atoms with Crippen LogP contribution >= 0.6 is 11.6 Å². The Bertz CT molecular complexity index is 382. The van der Waals surface area contributed by atoms with E-state index in [1.165, 1.54) is 0 Å². The quantitative estimate of drug-likeness (QED) is 0.784. The smallest absolute Gasteiger partial charge is 0.138 e. The average molecular weight is 224 g/mol. The molecule has 1 atom stereocenters. The molecule has 0 N–H and O–H groups in total. The van der Waals surface area contributed by atoms with Crippen molar-refractivity contribution >= 4 is 11.6 Å². The SMILES string of the molecule is CC(C)C(C)Oc1ccc(C#N)cc1Cl. The van der Waals surface area contributed by atoms with Gasteiger partial charge in [-0.05, 0) is 31.0 Å². The van der Waals surface area contributed by atoms with E-state index < -0.39 is 0 Å². The highest BCUT2D eigenvalue weighted by Crippen LogP contribution is 2.27. The largest absolute Gasteiger partial charge is 0.489 e. The molecule has 0 aliphatic rings. The molecule has 0 saturated heterocycles. The molecule has 0 aromatic heterocycles. The molecule has 0 bridgehead atoms. The first kappa shape index (κ1) is 11.9. The molecule has 1 rings (SSSR count). The lowest BCUT2D eigenvalue weighted by atomic mass is 10.1. The van der Waals surface area contributed by atoms with Crippen LogP contribution in [0.1, 0.15) is 26.3 Å². The molecule has 0 saturated carbocycles. The second-order valence-electron chi connectivity index (χ2n) is 3.82. The molecule has 0 amide bonds. The van der Waals surface area contributed by atoms with E-state index in [1.54, 1.807) is 18.2 Å². The maximum absolute atomic E-state index is 8.67. The molecule has 0 fully saturated rings. The summed E-state index contributed by atoms with van der Waals surface area (Å²) in [5, 5.41) is 9.16. The van der Waals surface area contributed by atoms with Crippen LogP contribution in [0.15, 0.2) is 18.2 Å². The fraction of sp³-hybridized carbons (Fsp3) is 0.417. The van der Waals surface area contributed by atoms with E-state index in [0.29, 0.717) is 22.3 Å². The normalized spacial score (nSPS) is 12.3. The molecule has 15 heavy (non-hydrogen) atoms. The van der Waals surface area contributed by atoms with Gasteiger partial charge in [0.2, 0.25) is 0 Å². The van der Waals surface area contributed by atoms with Crippen LogP contribution in [0.3, 0.4) is 0 Å². The summed E-state index contributed by atoms with van der Waals surface area (Å²) in [7, 11) is 0. The Morgan fingerprint density at radius 2 is 2.00 bits per heavy atom. The van der Waals surface area contributed by atoms with Gasteiger partial charge in [-0.2, -0.15) is 5.26 Å². The first-order valence-electron chi connectivity index (χ1n) is 4.91. The molecule has 1 aromatic rings. The first-order valence-corrected chi connectivity index (χ1v) is 5.28. The third-order valence-corrected chi connectivity index (χ3v) is 2.61. The van der Waals surface area contributed by atoms with Crippen molar-refractivity contribution in [2.45, 2.75) is 26.9 Å². The predicted octanol–water partition coefficient (Wildman–Crippen LogP) is 3.63. The highest BCUT2D eigenvalue weighted by Gasteiger charge is 2.11. The van der Waals surface area contributed by atoms with Crippen molar-refractivity contribution in [3.8, 4) is 11.8 Å². The summed E-state index contributed by atoms with van der Waals surface area (Å²) in [4.78, 5) is 0. The summed E-state index contributed by atoms with van der Waals surface area (Å²) in [6.07, 6.45) is 0.107. The molecule has 0 radical (unpaired) electrons. The van der Waals surface area contributed by atoms with Crippen LogP contribution < -0.4 is 4.74 Å². The summed E-state index contributed by atoms with van der Waals surface area (Å²) < 4.78 is 5.66. The summed E-state index contributed by atoms with van der Waals surface area (Å²) in [5.74, 6) is 1.06. The van der Waals surface area contributed by atoms with Crippen molar-refractivity contribution in [1.29, 1.82) is 5.26 Å². The third-order valence-electron chi connectivity index (χ3n) is 2.31. The summed E-state index contributed by atoms with van der Waals surface area (Å²) in [6, 6.07) is 7.08. The highest BCUT2D eigenvalue weighted by atomic mass is 35.5. The van der Waals surface area contributed by atoms with Crippen molar-refractivity contribution in [2.24, 2.45) is 5.92 Å². The van der Waals surface area contributed by atoms with Crippen LogP contribution in [0.5, 0.6) is 5.75 Å². The number of hydrogen-bond donors (Lipinski definition) is 0. The Morgan fingerprint density at radius 1 is 1.33 bits per heavy atom. The van der Waals surface area contributed by atoms with Gasteiger partial charge in [0.15, 0.2) is 0 Å². The van der Waals surface area contributed by atoms with Gasteiger partial charge in [-0.3, -0.25) is 0 Å². The molecular formula is C12H14ClNO. The van der Waals surface area contributed by atoms with Gasteiger partial charge >= 0.3 is 0 Å². The van der Waals surface area contributed by atoms with E-state index in [1.807, 2.05) is 13.0 Å². The topological polar surface area (TPSA) is 33.0 Å². The molecule has 3 heteroatoms. The van der Waals surface area contributed by atoms with Crippen LogP contribution in [0.4, 0.5) is 0 Å². The second-order valence-corrected chi connectivity index (χ2v) is 4.23. The van der Waals surface area contributed by atoms with Crippen LogP contribution in [0.2, 0.25) is 5.02 Å². The number of halogens is 1. The maximum atomic E-state index is 8.67. The van der Waals surface area contributed by atoms with Gasteiger partial charge in [-0.15, -0.1) is 0 Å². The minimum atomic E-state index is 0.107. The van der Waals surface area contributed by atoms with Crippen molar-refractivity contribution < 1.29 is 4.74 Å². The number of benzene rings is 1. The summed E-state index contributed by atoms with van der Waals surface area (Å²) in [5.41, 5.74) is 0.546. The molecular weight excluding hydrogens is 210 g/mol. The zero-order valence-corrected chi connectivity index (χ0v) is 9.88. The second kappa shape index (κ2) is 5.04. The minimum Gasteiger partial charge on any atom is -0.489 e. The molecule has 0 aliphatic carbocycles. The zero-order chi connectivity index (χ0) is 11.4. The van der Waals surface area contributed by atoms with E-state index in [4.69, 9.17) is 21.6 Å². The van der Waals surface area contributed by atoms with Crippen LogP contribution in [-0.4, -0.2) is 6.10 Å². The Balaban J connectivity index is 2.84. The monoisotopic (exact) mass is 223 g/mol. The molecule has 0 heterocycles. The number of hydrogen-bond acceptors (Lipinski definition) is 2. The Labute approximate surface area is 95.4 Å². The van der Waals surface area contributed by atoms with E-state index in [-0.39, 0.29) is 6.10 Å². The number of nitriles is 1. The highest BCUT2D eigenvalue weighted by molar-refractivity contribution is 6.32. The van der Waals surface area contributed by atoms with Gasteiger partial charge in [-0.1, -0.05) is 25.4 Å². The summed E-state index contributed by atoms with van der Waals surface area (Å²) in [6.45, 7) is 6.17. The molecule has 80 valence electrons. The van der Waals surface area contributed by atoms with Crippen molar-refractivity contribution in [1.82, 2.24) is 0 Å². The number of nitrogens with zero attached hydrogens (tertiary/aromatic N) is 1. The van der Waals surface area contributed by atoms with Crippen LogP contribution in [0, 0.1) is 17.2 Å². The van der Waals surface area contributed by atoms with Gasteiger partial charge in [0.1, 0.15) is 5.75 Å². The number of rotatable bonds is 3. The molecule has 1 unspecified atom stereocenters. The van der Waals surface area contributed by atoms with Gasteiger partial charge < -0.3 is 4.74 Å². The van der Waals surface area contributed by atoms with E-state index >= 15 is 0 Å². The standard InChI is InChI=1S/C12H14ClNO/c1-8(2)9(3)15-12-5-4-10(7-14)6-11(12)13/h4-6,8-9H,1-3H3. The summed E-state index contributed by atoms with van der Waals surface area (Å²) >= 11 is 5.98. The Hall–Kier alpha value is -1.20. The van der Waals surface area contributed by atoms with Gasteiger partial charge in [0.05, 0.1) is 22.8 Å². The minimum absolute atomic E-state index is 0.107. The zero-order valence-electron chi connectivity index (χ0n) is 9.12. The van der Waals surface area contributed by atoms with Gasteiger partial charge in [-0.25, -0.2) is 0 Å². The predicted molar refractivity (Wildman–Crippen MR) is 61.1 cm³/mol. The van der Waals surface area contributed by atoms with Crippen LogP contribution in [0.25, 0.3) is 0 Å². The van der Waals surface area contributed by atoms with E-state index in [9.17, 15) is 0 Å². The van der Waals surface area contributed by atoms with Crippen molar-refractivity contribution in [3.05, 3.63) is 28.8 Å². The molecule has 1 aromatic carbocycles. The number of ether oxygens (including phenoxy) is 1. The lowest BCUT2D eigenvalue weighted by molar-refractivity contribution is 0.170. The fourth-order valence-corrected chi connectivity index (χ4v) is 1.23. The molecule has 0 spiro atoms. The molecule has 2 nitrogen and oxygen atoms in total. The van der Waals surface area contributed by atoms with Crippen molar-refractivity contribution in [3.63, 3.8) is 0 Å². The Morgan fingerprint density at radius 3 is 2.47 bits per heavy atom. The maximum Gasteiger partial charge on any atom is 0.138 e. The average Bonchev–Trinajstić information content (AvgIpc) is 2.20. The first-order chi connectivity index (χ1) is 7.04. The Kier molecular flexibility index (Phi) is 3.99. The third kappa shape index (κ3) is 3.14. The lowest BCUT2D eigenvalue weighted by Crippen LogP contribution is -2.18. The van der Waals surface area contributed by atoms with Gasteiger partial charge in [0.25, 0.3) is 0 Å². The lowest BCUT2D eigenvalue weighted by Gasteiger charge is -2.18. The van der Waals surface area contributed by atoms with Gasteiger partial charge in [0, 0.05) is 0 Å². The van der Waals surface area contributed by atoms with E-state index in [2.05, 4.69) is 13.8 Å². The van der Waals surface area contributed by atoms with Crippen LogP contribution in [-0.2, 0) is 0 Å². The van der Waals surface area contributed by atoms with Crippen molar-refractivity contribution in [2.75, 3.05) is 0 Å². The fourth-order valence-electron chi connectivity index (χ4n) is 1.00. The van der Waals surface area contributed by atoms with E-state index in [0.717, 1.165) is 0 Å². The molecule has 0 aliphatic heterocycles.